The van der Waals surface area contributed by atoms with Gasteiger partial charge in [-0.15, -0.1) is 0 Å². The maximum absolute atomic E-state index is 13.1. The van der Waals surface area contributed by atoms with Crippen LogP contribution in [0.15, 0.2) is 73.2 Å². The Hall–Kier alpha value is -5.74. The summed E-state index contributed by atoms with van der Waals surface area (Å²) in [5.41, 5.74) is 4.79. The van der Waals surface area contributed by atoms with Crippen LogP contribution in [-0.4, -0.2) is 118 Å². The van der Waals surface area contributed by atoms with E-state index in [0.29, 0.717) is 58.2 Å². The standard InChI is InChI=1S/C44H46N6O9/c1-48-36-12-13-45-23-35(36)32-7-4-27(18-38(32)48)28-5-11-40(46-22-28)59-30-20-44(55,21-30)26-57-16-2-14-56-15-3-17-58-31-24-49(25-31)29-6-8-33-34(19-29)43(54)50(42(33)53)37-9-10-39(51)47-41(37)52/h4-8,11-13,18-19,22-23,30-31,37,55H,2-3,9-10,14-17,20-21,24-26H2,1H3,(H,47,51,52). The van der Waals surface area contributed by atoms with Crippen LogP contribution in [0.4, 0.5) is 5.69 Å². The van der Waals surface area contributed by atoms with Crippen molar-refractivity contribution in [2.75, 3.05) is 51.0 Å². The van der Waals surface area contributed by atoms with Crippen molar-refractivity contribution in [2.45, 2.75) is 62.4 Å². The number of nitrogens with one attached hydrogen (secondary N) is 1. The van der Waals surface area contributed by atoms with Crippen molar-refractivity contribution in [3.8, 4) is 17.0 Å². The molecule has 0 radical (unpaired) electrons. The number of carbonyl (C=O) groups is 4. The third kappa shape index (κ3) is 7.78. The highest BCUT2D eigenvalue weighted by Crippen LogP contribution is 2.37. The number of imide groups is 2. The molecule has 1 atom stereocenters. The number of amides is 4. The minimum Gasteiger partial charge on any atom is -0.474 e. The van der Waals surface area contributed by atoms with Gasteiger partial charge in [0, 0.05) is 118 Å². The lowest BCUT2D eigenvalue weighted by Crippen LogP contribution is -2.54. The van der Waals surface area contributed by atoms with Gasteiger partial charge < -0.3 is 33.5 Å². The molecule has 15 heteroatoms. The fraction of sp³-hybridized carbons (Fsp3) is 0.409. The normalized spacial score (nSPS) is 21.9. The number of rotatable bonds is 16. The van der Waals surface area contributed by atoms with Crippen molar-refractivity contribution in [3.63, 3.8) is 0 Å². The van der Waals surface area contributed by atoms with Gasteiger partial charge in [0.2, 0.25) is 17.7 Å². The highest BCUT2D eigenvalue weighted by Gasteiger charge is 2.46. The second-order valence-electron chi connectivity index (χ2n) is 15.9. The van der Waals surface area contributed by atoms with Crippen LogP contribution >= 0.6 is 0 Å². The monoisotopic (exact) mass is 802 g/mol. The summed E-state index contributed by atoms with van der Waals surface area (Å²) in [6.07, 6.45) is 8.11. The third-order valence-electron chi connectivity index (χ3n) is 11.8. The molecule has 4 aliphatic rings. The number of aliphatic hydroxyl groups is 1. The summed E-state index contributed by atoms with van der Waals surface area (Å²) in [5.74, 6) is -1.52. The van der Waals surface area contributed by atoms with Crippen LogP contribution in [0.5, 0.6) is 5.88 Å². The van der Waals surface area contributed by atoms with E-state index in [-0.39, 0.29) is 42.8 Å². The second kappa shape index (κ2) is 16.1. The third-order valence-corrected chi connectivity index (χ3v) is 11.8. The molecule has 0 spiro atoms. The molecule has 3 fully saturated rings. The Kier molecular flexibility index (Phi) is 10.6. The van der Waals surface area contributed by atoms with Crippen LogP contribution in [0.2, 0.25) is 0 Å². The molecule has 1 unspecified atom stereocenters. The lowest BCUT2D eigenvalue weighted by molar-refractivity contribution is -0.144. The van der Waals surface area contributed by atoms with E-state index in [4.69, 9.17) is 18.9 Å². The van der Waals surface area contributed by atoms with Gasteiger partial charge in [-0.1, -0.05) is 12.1 Å². The highest BCUT2D eigenvalue weighted by atomic mass is 16.5. The number of nitrogens with zero attached hydrogens (tertiary/aromatic N) is 5. The van der Waals surface area contributed by atoms with Gasteiger partial charge in [-0.3, -0.25) is 34.4 Å². The van der Waals surface area contributed by atoms with E-state index in [1.165, 1.54) is 5.39 Å². The van der Waals surface area contributed by atoms with Crippen LogP contribution in [0, 0.1) is 0 Å². The molecule has 1 aliphatic carbocycles. The van der Waals surface area contributed by atoms with Crippen LogP contribution in [0.3, 0.4) is 0 Å². The molecule has 59 heavy (non-hydrogen) atoms. The number of aromatic nitrogens is 3. The number of fused-ring (bicyclic) bond motifs is 4. The highest BCUT2D eigenvalue weighted by molar-refractivity contribution is 6.23. The van der Waals surface area contributed by atoms with Crippen molar-refractivity contribution in [3.05, 3.63) is 84.3 Å². The molecule has 1 saturated carbocycles. The number of hydrogen-bond acceptors (Lipinski definition) is 12. The molecule has 2 saturated heterocycles. The predicted molar refractivity (Wildman–Crippen MR) is 216 cm³/mol. The van der Waals surface area contributed by atoms with Crippen molar-refractivity contribution in [1.29, 1.82) is 0 Å². The summed E-state index contributed by atoms with van der Waals surface area (Å²) in [5, 5.41) is 15.4. The average molecular weight is 803 g/mol. The lowest BCUT2D eigenvalue weighted by atomic mass is 9.78. The Morgan fingerprint density at radius 3 is 2.39 bits per heavy atom. The Bertz CT molecular complexity index is 2420. The van der Waals surface area contributed by atoms with Gasteiger partial charge in [-0.25, -0.2) is 4.98 Å². The lowest BCUT2D eigenvalue weighted by Gasteiger charge is -2.42. The Balaban J connectivity index is 0.616. The van der Waals surface area contributed by atoms with Gasteiger partial charge in [0.15, 0.2) is 0 Å². The molecular formula is C44H46N6O9. The topological polar surface area (TPSA) is 175 Å². The van der Waals surface area contributed by atoms with Gasteiger partial charge in [0.25, 0.3) is 11.8 Å². The largest absolute Gasteiger partial charge is 0.474 e. The first-order chi connectivity index (χ1) is 28.6. The molecule has 0 bridgehead atoms. The van der Waals surface area contributed by atoms with Crippen molar-refractivity contribution in [2.24, 2.45) is 7.05 Å². The molecule has 4 amide bonds. The first kappa shape index (κ1) is 38.8. The van der Waals surface area contributed by atoms with E-state index in [2.05, 4.69) is 50.0 Å². The van der Waals surface area contributed by atoms with Gasteiger partial charge >= 0.3 is 0 Å². The number of pyridine rings is 2. The van der Waals surface area contributed by atoms with Crippen LogP contribution in [0.25, 0.3) is 32.9 Å². The molecule has 15 nitrogen and oxygen atoms in total. The Labute approximate surface area is 340 Å². The average Bonchev–Trinajstić information content (AvgIpc) is 3.63. The van der Waals surface area contributed by atoms with Gasteiger partial charge in [-0.05, 0) is 61.2 Å². The maximum Gasteiger partial charge on any atom is 0.262 e. The number of ether oxygens (including phenoxy) is 4. The molecule has 2 N–H and O–H groups in total. The van der Waals surface area contributed by atoms with E-state index in [1.807, 2.05) is 36.8 Å². The first-order valence-electron chi connectivity index (χ1n) is 20.2. The van der Waals surface area contributed by atoms with E-state index in [9.17, 15) is 24.3 Å². The zero-order valence-electron chi connectivity index (χ0n) is 32.8. The summed E-state index contributed by atoms with van der Waals surface area (Å²) in [7, 11) is 2.07. The zero-order chi connectivity index (χ0) is 40.7. The molecule has 306 valence electrons. The van der Waals surface area contributed by atoms with Crippen molar-refractivity contribution < 1.29 is 43.2 Å². The summed E-state index contributed by atoms with van der Waals surface area (Å²) >= 11 is 0. The van der Waals surface area contributed by atoms with Crippen molar-refractivity contribution in [1.82, 2.24) is 24.8 Å². The van der Waals surface area contributed by atoms with Crippen LogP contribution in [0.1, 0.15) is 59.2 Å². The van der Waals surface area contributed by atoms with Crippen molar-refractivity contribution >= 4 is 51.1 Å². The minimum atomic E-state index is -0.984. The zero-order valence-corrected chi connectivity index (χ0v) is 32.8. The number of benzene rings is 2. The van der Waals surface area contributed by atoms with E-state index < -0.39 is 35.3 Å². The number of aryl methyl sites for hydroxylation is 1. The predicted octanol–water partition coefficient (Wildman–Crippen LogP) is 4.18. The molecule has 3 aliphatic heterocycles. The Morgan fingerprint density at radius 1 is 0.814 bits per heavy atom. The van der Waals surface area contributed by atoms with E-state index in [1.54, 1.807) is 18.2 Å². The van der Waals surface area contributed by atoms with E-state index >= 15 is 0 Å². The fourth-order valence-corrected chi connectivity index (χ4v) is 8.46. The molecule has 6 heterocycles. The molecule has 9 rings (SSSR count). The number of carbonyl (C=O) groups excluding carboxylic acids is 4. The summed E-state index contributed by atoms with van der Waals surface area (Å²) in [6.45, 7) is 3.73. The smallest absolute Gasteiger partial charge is 0.262 e. The maximum atomic E-state index is 13.1. The minimum absolute atomic E-state index is 0.0502. The summed E-state index contributed by atoms with van der Waals surface area (Å²) in [6, 6.07) is 16.5. The van der Waals surface area contributed by atoms with Gasteiger partial charge in [-0.2, -0.15) is 0 Å². The molecular weight excluding hydrogens is 757 g/mol. The Morgan fingerprint density at radius 2 is 1.59 bits per heavy atom. The number of anilines is 1. The van der Waals surface area contributed by atoms with E-state index in [0.717, 1.165) is 51.0 Å². The molecule has 5 aromatic rings. The summed E-state index contributed by atoms with van der Waals surface area (Å²) < 4.78 is 25.7. The SMILES string of the molecule is Cn1c2ccncc2c2ccc(-c3ccc(OC4CC(O)(COCCCOCCCOC5CN(c6ccc7c(c6)C(=O)N(C6CCC(=O)NC6=O)C7=O)C5)C4)nc3)cc21. The van der Waals surface area contributed by atoms with Crippen LogP contribution < -0.4 is 15.0 Å². The molecule has 3 aromatic heterocycles. The van der Waals surface area contributed by atoms with Gasteiger partial charge in [0.1, 0.15) is 12.1 Å². The first-order valence-corrected chi connectivity index (χ1v) is 20.2. The van der Waals surface area contributed by atoms with Crippen LogP contribution in [-0.2, 0) is 30.8 Å². The number of piperidine rings is 1. The molecule has 2 aromatic carbocycles. The van der Waals surface area contributed by atoms with Gasteiger partial charge in [0.05, 0.1) is 35.0 Å². The second-order valence-corrected chi connectivity index (χ2v) is 15.9. The quantitative estimate of drug-likeness (QED) is 0.108. The summed E-state index contributed by atoms with van der Waals surface area (Å²) in [4.78, 5) is 61.9. The number of hydrogen-bond donors (Lipinski definition) is 2. The fourth-order valence-electron chi connectivity index (χ4n) is 8.46.